The summed E-state index contributed by atoms with van der Waals surface area (Å²) >= 11 is 0. The fourth-order valence-corrected chi connectivity index (χ4v) is 1.88. The summed E-state index contributed by atoms with van der Waals surface area (Å²) in [6, 6.07) is 1.76. The predicted molar refractivity (Wildman–Crippen MR) is 57.8 cm³/mol. The summed E-state index contributed by atoms with van der Waals surface area (Å²) in [4.78, 5) is 22.1. The lowest BCUT2D eigenvalue weighted by Crippen LogP contribution is -2.42. The van der Waals surface area contributed by atoms with E-state index in [2.05, 4.69) is 0 Å². The molecule has 0 aliphatic heterocycles. The lowest BCUT2D eigenvalue weighted by Gasteiger charge is -2.26. The Hall–Kier alpha value is -1.58. The zero-order chi connectivity index (χ0) is 11.8. The van der Waals surface area contributed by atoms with Crippen molar-refractivity contribution in [1.82, 2.24) is 4.57 Å². The second kappa shape index (κ2) is 3.53. The maximum atomic E-state index is 11.3. The van der Waals surface area contributed by atoms with E-state index in [4.69, 9.17) is 5.73 Å². The van der Waals surface area contributed by atoms with Crippen LogP contribution in [0.5, 0.6) is 0 Å². The Kier molecular flexibility index (Phi) is 2.71. The van der Waals surface area contributed by atoms with Crippen LogP contribution in [0.2, 0.25) is 0 Å². The summed E-state index contributed by atoms with van der Waals surface area (Å²) in [5, 5.41) is 0. The molecule has 4 heteroatoms. The van der Waals surface area contributed by atoms with Crippen molar-refractivity contribution in [3.05, 3.63) is 23.0 Å². The van der Waals surface area contributed by atoms with Gasteiger partial charge in [0.05, 0.1) is 0 Å². The van der Waals surface area contributed by atoms with Crippen LogP contribution < -0.4 is 5.73 Å². The number of primary amides is 1. The first-order valence-electron chi connectivity index (χ1n) is 4.77. The molecule has 0 aliphatic rings. The van der Waals surface area contributed by atoms with Gasteiger partial charge < -0.3 is 10.3 Å². The van der Waals surface area contributed by atoms with Crippen molar-refractivity contribution in [3.8, 4) is 0 Å². The van der Waals surface area contributed by atoms with E-state index in [-0.39, 0.29) is 0 Å². The molecule has 0 bridgehead atoms. The van der Waals surface area contributed by atoms with E-state index in [1.165, 1.54) is 0 Å². The maximum absolute atomic E-state index is 11.3. The zero-order valence-corrected chi connectivity index (χ0v) is 9.50. The summed E-state index contributed by atoms with van der Waals surface area (Å²) in [6.07, 6.45) is 0.788. The van der Waals surface area contributed by atoms with Crippen LogP contribution in [0.4, 0.5) is 0 Å². The van der Waals surface area contributed by atoms with Crippen molar-refractivity contribution in [2.45, 2.75) is 33.2 Å². The second-order valence-electron chi connectivity index (χ2n) is 4.20. The van der Waals surface area contributed by atoms with Gasteiger partial charge in [0, 0.05) is 17.0 Å². The van der Waals surface area contributed by atoms with Crippen molar-refractivity contribution in [2.24, 2.45) is 5.73 Å². The highest BCUT2D eigenvalue weighted by Crippen LogP contribution is 2.23. The molecule has 4 nitrogen and oxygen atoms in total. The van der Waals surface area contributed by atoms with Gasteiger partial charge in [-0.25, -0.2) is 0 Å². The normalized spacial score (nSPS) is 11.5. The number of aryl methyl sites for hydroxylation is 1. The third kappa shape index (κ3) is 1.67. The van der Waals surface area contributed by atoms with Gasteiger partial charge in [0.1, 0.15) is 5.54 Å². The first-order chi connectivity index (χ1) is 6.82. The molecular weight excluding hydrogens is 192 g/mol. The molecule has 0 saturated carbocycles. The van der Waals surface area contributed by atoms with Crippen LogP contribution in [0.25, 0.3) is 0 Å². The molecule has 1 amide bonds. The van der Waals surface area contributed by atoms with Crippen molar-refractivity contribution in [1.29, 1.82) is 0 Å². The second-order valence-corrected chi connectivity index (χ2v) is 4.20. The molecule has 1 aromatic rings. The molecule has 1 aromatic heterocycles. The number of nitrogens with two attached hydrogens (primary N) is 1. The number of hydrogen-bond acceptors (Lipinski definition) is 2. The minimum absolute atomic E-state index is 0.415. The van der Waals surface area contributed by atoms with Gasteiger partial charge in [0.15, 0.2) is 6.29 Å². The molecule has 0 fully saturated rings. The lowest BCUT2D eigenvalue weighted by atomic mass is 10.0. The Morgan fingerprint density at radius 3 is 2.33 bits per heavy atom. The van der Waals surface area contributed by atoms with Crippen LogP contribution in [-0.4, -0.2) is 16.8 Å². The molecule has 0 saturated heterocycles. The molecule has 0 atom stereocenters. The molecule has 0 radical (unpaired) electrons. The van der Waals surface area contributed by atoms with Crippen molar-refractivity contribution in [2.75, 3.05) is 0 Å². The number of carbonyl (C=O) groups excluding carboxylic acids is 2. The minimum Gasteiger partial charge on any atom is -0.368 e. The van der Waals surface area contributed by atoms with Crippen LogP contribution >= 0.6 is 0 Å². The van der Waals surface area contributed by atoms with Crippen molar-refractivity contribution >= 4 is 12.2 Å². The monoisotopic (exact) mass is 208 g/mol. The standard InChI is InChI=1S/C11H16N2O2/c1-7-5-9(6-14)8(2)13(7)11(3,4)10(12)15/h5-6H,1-4H3,(H2,12,15). The summed E-state index contributed by atoms with van der Waals surface area (Å²) in [6.45, 7) is 7.14. The van der Waals surface area contributed by atoms with E-state index in [1.54, 1.807) is 31.4 Å². The molecule has 2 N–H and O–H groups in total. The highest BCUT2D eigenvalue weighted by Gasteiger charge is 2.30. The third-order valence-corrected chi connectivity index (χ3v) is 2.76. The average molecular weight is 208 g/mol. The number of aromatic nitrogens is 1. The van der Waals surface area contributed by atoms with Gasteiger partial charge in [0.25, 0.3) is 0 Å². The van der Waals surface area contributed by atoms with Gasteiger partial charge in [-0.1, -0.05) is 0 Å². The molecular formula is C11H16N2O2. The zero-order valence-electron chi connectivity index (χ0n) is 9.50. The number of aldehydes is 1. The SMILES string of the molecule is Cc1cc(C=O)c(C)n1C(C)(C)C(N)=O. The fourth-order valence-electron chi connectivity index (χ4n) is 1.88. The highest BCUT2D eigenvalue weighted by molar-refractivity contribution is 5.83. The van der Waals surface area contributed by atoms with E-state index in [9.17, 15) is 9.59 Å². The van der Waals surface area contributed by atoms with Gasteiger partial charge in [-0.05, 0) is 33.8 Å². The summed E-state index contributed by atoms with van der Waals surface area (Å²) < 4.78 is 1.79. The smallest absolute Gasteiger partial charge is 0.243 e. The van der Waals surface area contributed by atoms with Gasteiger partial charge in [0.2, 0.25) is 5.91 Å². The van der Waals surface area contributed by atoms with E-state index < -0.39 is 11.4 Å². The fraction of sp³-hybridized carbons (Fsp3) is 0.455. The molecule has 0 unspecified atom stereocenters. The van der Waals surface area contributed by atoms with Gasteiger partial charge in [-0.2, -0.15) is 0 Å². The van der Waals surface area contributed by atoms with Crippen LogP contribution in [0.15, 0.2) is 6.07 Å². The Labute approximate surface area is 89.1 Å². The number of carbonyl (C=O) groups is 2. The molecule has 82 valence electrons. The highest BCUT2D eigenvalue weighted by atomic mass is 16.1. The van der Waals surface area contributed by atoms with E-state index in [1.807, 2.05) is 6.92 Å². The molecule has 1 heterocycles. The number of hydrogen-bond donors (Lipinski definition) is 1. The third-order valence-electron chi connectivity index (χ3n) is 2.76. The molecule has 0 aliphatic carbocycles. The minimum atomic E-state index is -0.810. The number of amides is 1. The molecule has 15 heavy (non-hydrogen) atoms. The van der Waals surface area contributed by atoms with E-state index in [0.717, 1.165) is 17.7 Å². The largest absolute Gasteiger partial charge is 0.368 e. The van der Waals surface area contributed by atoms with Crippen LogP contribution in [-0.2, 0) is 10.3 Å². The van der Waals surface area contributed by atoms with Crippen LogP contribution in [0.3, 0.4) is 0 Å². The van der Waals surface area contributed by atoms with Crippen LogP contribution in [0, 0.1) is 13.8 Å². The quantitative estimate of drug-likeness (QED) is 0.757. The maximum Gasteiger partial charge on any atom is 0.243 e. The first kappa shape index (κ1) is 11.5. The Morgan fingerprint density at radius 2 is 2.00 bits per heavy atom. The lowest BCUT2D eigenvalue weighted by molar-refractivity contribution is -0.125. The molecule has 0 aromatic carbocycles. The Bertz CT molecular complexity index is 416. The topological polar surface area (TPSA) is 65.1 Å². The first-order valence-corrected chi connectivity index (χ1v) is 4.77. The number of nitrogens with zero attached hydrogens (tertiary/aromatic N) is 1. The van der Waals surface area contributed by atoms with Crippen molar-refractivity contribution in [3.63, 3.8) is 0 Å². The Balaban J connectivity index is 3.43. The summed E-state index contributed by atoms with van der Waals surface area (Å²) in [5.41, 5.74) is 6.76. The van der Waals surface area contributed by atoms with E-state index >= 15 is 0 Å². The predicted octanol–water partition coefficient (Wildman–Crippen LogP) is 1.14. The van der Waals surface area contributed by atoms with E-state index in [0.29, 0.717) is 5.56 Å². The van der Waals surface area contributed by atoms with Gasteiger partial charge >= 0.3 is 0 Å². The summed E-state index contributed by atoms with van der Waals surface area (Å²) in [5.74, 6) is -0.415. The summed E-state index contributed by atoms with van der Waals surface area (Å²) in [7, 11) is 0. The average Bonchev–Trinajstić information content (AvgIpc) is 2.41. The Morgan fingerprint density at radius 1 is 1.47 bits per heavy atom. The van der Waals surface area contributed by atoms with Gasteiger partial charge in [-0.3, -0.25) is 9.59 Å². The van der Waals surface area contributed by atoms with Crippen molar-refractivity contribution < 1.29 is 9.59 Å². The number of rotatable bonds is 3. The molecule has 0 spiro atoms. The van der Waals surface area contributed by atoms with Gasteiger partial charge in [-0.15, -0.1) is 0 Å². The molecule has 1 rings (SSSR count). The van der Waals surface area contributed by atoms with Crippen LogP contribution in [0.1, 0.15) is 35.6 Å².